The van der Waals surface area contributed by atoms with E-state index in [9.17, 15) is 9.90 Å². The van der Waals surface area contributed by atoms with Gasteiger partial charge in [-0.1, -0.05) is 37.3 Å². The Balaban J connectivity index is 2.17. The van der Waals surface area contributed by atoms with Crippen molar-refractivity contribution in [2.75, 3.05) is 0 Å². The second kappa shape index (κ2) is 5.68. The number of hydrogen-bond donors (Lipinski definition) is 1. The van der Waals surface area contributed by atoms with Gasteiger partial charge in [0, 0.05) is 17.0 Å². The Hall–Kier alpha value is -2.55. The van der Waals surface area contributed by atoms with Crippen LogP contribution in [-0.2, 0) is 5.11 Å². The molecule has 3 nitrogen and oxygen atoms in total. The highest BCUT2D eigenvalue weighted by Gasteiger charge is 2.14. The minimum atomic E-state index is -0.193. The van der Waals surface area contributed by atoms with E-state index in [-0.39, 0.29) is 17.7 Å². The first kappa shape index (κ1) is 14.4. The Morgan fingerprint density at radius 3 is 2.59 bits per heavy atom. The van der Waals surface area contributed by atoms with Gasteiger partial charge in [-0.2, -0.15) is 0 Å². The minimum absolute atomic E-state index is 0.0887. The molecular weight excluding hydrogens is 274 g/mol. The molecule has 1 atom stereocenters. The number of fused-ring (bicyclic) bond motifs is 3. The highest BCUT2D eigenvalue weighted by Crippen LogP contribution is 2.32. The van der Waals surface area contributed by atoms with Crippen molar-refractivity contribution in [3.05, 3.63) is 54.1 Å². The number of rotatable bonds is 3. The van der Waals surface area contributed by atoms with E-state index in [0.29, 0.717) is 10.9 Å². The molecule has 1 N–H and O–H groups in total. The number of nitrogens with one attached hydrogen (secondary N) is 1. The van der Waals surface area contributed by atoms with E-state index in [4.69, 9.17) is 0 Å². The van der Waals surface area contributed by atoms with Crippen LogP contribution in [0.15, 0.2) is 48.5 Å². The van der Waals surface area contributed by atoms with Gasteiger partial charge in [-0.05, 0) is 47.7 Å². The van der Waals surface area contributed by atoms with E-state index in [0.717, 1.165) is 22.6 Å². The molecule has 3 aromatic carbocycles. The van der Waals surface area contributed by atoms with Gasteiger partial charge in [-0.15, -0.1) is 0 Å². The van der Waals surface area contributed by atoms with E-state index in [1.807, 2.05) is 56.3 Å². The van der Waals surface area contributed by atoms with Crippen molar-refractivity contribution in [3.63, 3.8) is 0 Å². The quantitative estimate of drug-likeness (QED) is 0.701. The Morgan fingerprint density at radius 1 is 1.05 bits per heavy atom. The summed E-state index contributed by atoms with van der Waals surface area (Å²) in [5, 5.41) is 18.8. The molecule has 0 saturated heterocycles. The summed E-state index contributed by atoms with van der Waals surface area (Å²) >= 11 is 0. The summed E-state index contributed by atoms with van der Waals surface area (Å²) in [4.78, 5) is 12.3. The van der Waals surface area contributed by atoms with Crippen LogP contribution in [0.3, 0.4) is 0 Å². The van der Waals surface area contributed by atoms with Crippen LogP contribution in [0.25, 0.3) is 21.5 Å². The lowest BCUT2D eigenvalue weighted by Crippen LogP contribution is -2.31. The van der Waals surface area contributed by atoms with E-state index in [1.165, 1.54) is 6.07 Å². The Morgan fingerprint density at radius 2 is 1.82 bits per heavy atom. The maximum atomic E-state index is 12.3. The Labute approximate surface area is 129 Å². The fourth-order valence-electron chi connectivity index (χ4n) is 2.62. The Kier molecular flexibility index (Phi) is 3.72. The molecule has 0 aliphatic carbocycles. The third kappa shape index (κ3) is 2.50. The first-order valence-corrected chi connectivity index (χ1v) is 7.53. The molecule has 1 amide bonds. The summed E-state index contributed by atoms with van der Waals surface area (Å²) in [7, 11) is 0. The first-order valence-electron chi connectivity index (χ1n) is 7.53. The topological polar surface area (TPSA) is 49.0 Å². The zero-order valence-corrected chi connectivity index (χ0v) is 12.7. The molecule has 1 unspecified atom stereocenters. The highest BCUT2D eigenvalue weighted by molar-refractivity contribution is 6.12. The van der Waals surface area contributed by atoms with Crippen molar-refractivity contribution < 1.29 is 9.90 Å². The summed E-state index contributed by atoms with van der Waals surface area (Å²) in [6, 6.07) is 15.0. The van der Waals surface area contributed by atoms with Crippen LogP contribution in [0, 0.1) is 0 Å². The van der Waals surface area contributed by atoms with Gasteiger partial charge in [-0.3, -0.25) is 9.90 Å². The molecule has 0 spiro atoms. The van der Waals surface area contributed by atoms with E-state index < -0.39 is 0 Å². The average Bonchev–Trinajstić information content (AvgIpc) is 2.54. The van der Waals surface area contributed by atoms with Crippen LogP contribution in [-0.4, -0.2) is 11.9 Å². The van der Waals surface area contributed by atoms with Crippen molar-refractivity contribution in [2.24, 2.45) is 0 Å². The van der Waals surface area contributed by atoms with Crippen molar-refractivity contribution in [1.29, 1.82) is 0 Å². The van der Waals surface area contributed by atoms with Crippen LogP contribution in [0.1, 0.15) is 30.6 Å². The molecule has 0 aromatic heterocycles. The molecule has 0 saturated carbocycles. The van der Waals surface area contributed by atoms with Crippen LogP contribution < -0.4 is 5.32 Å². The number of benzene rings is 3. The van der Waals surface area contributed by atoms with Crippen LogP contribution in [0.2, 0.25) is 0 Å². The number of hydrogen-bond acceptors (Lipinski definition) is 1. The third-order valence-corrected chi connectivity index (χ3v) is 4.07. The number of carbonyl (C=O) groups excluding carboxylic acids is 1. The molecule has 0 fully saturated rings. The summed E-state index contributed by atoms with van der Waals surface area (Å²) in [6.07, 6.45) is 0.854. The molecule has 3 aromatic rings. The van der Waals surface area contributed by atoms with Crippen molar-refractivity contribution in [2.45, 2.75) is 26.3 Å². The monoisotopic (exact) mass is 292 g/mol. The fraction of sp³-hybridized carbons (Fsp3) is 0.211. The molecule has 0 heterocycles. The van der Waals surface area contributed by atoms with Gasteiger partial charge in [0.25, 0.3) is 5.91 Å². The molecule has 22 heavy (non-hydrogen) atoms. The van der Waals surface area contributed by atoms with Gasteiger partial charge in [0.15, 0.2) is 5.75 Å². The standard InChI is InChI=1S/C19H18NO2/c1-3-12(2)20-19(22)14-10-17-15-7-5-4-6-13(15)8-9-16(17)18(21)11-14/h4-12H,3H2,1-2H3,(H,20,22). The van der Waals surface area contributed by atoms with Gasteiger partial charge in [0.05, 0.1) is 0 Å². The third-order valence-electron chi connectivity index (χ3n) is 4.07. The largest absolute Gasteiger partial charge is 0.350 e. The van der Waals surface area contributed by atoms with E-state index >= 15 is 0 Å². The fourth-order valence-corrected chi connectivity index (χ4v) is 2.62. The normalized spacial score (nSPS) is 12.5. The van der Waals surface area contributed by atoms with Crippen LogP contribution in [0.4, 0.5) is 0 Å². The van der Waals surface area contributed by atoms with Gasteiger partial charge in [-0.25, -0.2) is 0 Å². The summed E-state index contributed by atoms with van der Waals surface area (Å²) in [5.41, 5.74) is 0.425. The molecule has 0 aliphatic rings. The Bertz CT molecular complexity index is 855. The van der Waals surface area contributed by atoms with Gasteiger partial charge in [0.1, 0.15) is 0 Å². The highest BCUT2D eigenvalue weighted by atomic mass is 16.3. The molecule has 1 radical (unpaired) electrons. The van der Waals surface area contributed by atoms with Gasteiger partial charge in [0.2, 0.25) is 0 Å². The lowest BCUT2D eigenvalue weighted by atomic mass is 9.99. The molecule has 111 valence electrons. The van der Waals surface area contributed by atoms with E-state index in [1.54, 1.807) is 0 Å². The summed E-state index contributed by atoms with van der Waals surface area (Å²) in [6.45, 7) is 3.96. The first-order chi connectivity index (χ1) is 10.6. The summed E-state index contributed by atoms with van der Waals surface area (Å²) < 4.78 is 0. The predicted molar refractivity (Wildman–Crippen MR) is 88.8 cm³/mol. The zero-order chi connectivity index (χ0) is 15.7. The number of amides is 1. The van der Waals surface area contributed by atoms with Crippen LogP contribution >= 0.6 is 0 Å². The molecule has 0 aliphatic heterocycles. The SMILES string of the molecule is CCC(C)NC(=O)c1cc([O])c2ccc3ccccc3c2c1. The van der Waals surface area contributed by atoms with Crippen molar-refractivity contribution in [1.82, 2.24) is 5.32 Å². The average molecular weight is 292 g/mol. The molecule has 3 heteroatoms. The second-order valence-electron chi connectivity index (χ2n) is 5.64. The number of carbonyl (C=O) groups is 1. The smallest absolute Gasteiger partial charge is 0.251 e. The summed E-state index contributed by atoms with van der Waals surface area (Å²) in [5.74, 6) is -0.307. The van der Waals surface area contributed by atoms with Crippen molar-refractivity contribution >= 4 is 27.5 Å². The second-order valence-corrected chi connectivity index (χ2v) is 5.64. The molecule has 3 rings (SSSR count). The lowest BCUT2D eigenvalue weighted by Gasteiger charge is -2.12. The maximum Gasteiger partial charge on any atom is 0.251 e. The maximum absolute atomic E-state index is 12.3. The molecular formula is C19H18NO2. The lowest BCUT2D eigenvalue weighted by molar-refractivity contribution is 0.0939. The van der Waals surface area contributed by atoms with Gasteiger partial charge < -0.3 is 5.32 Å². The van der Waals surface area contributed by atoms with Crippen LogP contribution in [0.5, 0.6) is 5.75 Å². The molecule has 0 bridgehead atoms. The van der Waals surface area contributed by atoms with Gasteiger partial charge >= 0.3 is 0 Å². The van der Waals surface area contributed by atoms with E-state index in [2.05, 4.69) is 5.32 Å². The zero-order valence-electron chi connectivity index (χ0n) is 12.7. The minimum Gasteiger partial charge on any atom is -0.350 e. The van der Waals surface area contributed by atoms with Crippen molar-refractivity contribution in [3.8, 4) is 5.75 Å². The predicted octanol–water partition coefficient (Wildman–Crippen LogP) is 4.67.